The van der Waals surface area contributed by atoms with Crippen molar-refractivity contribution in [3.05, 3.63) is 34.8 Å². The number of amides is 2. The summed E-state index contributed by atoms with van der Waals surface area (Å²) in [5.41, 5.74) is 0.937. The van der Waals surface area contributed by atoms with E-state index < -0.39 is 0 Å². The van der Waals surface area contributed by atoms with Crippen molar-refractivity contribution in [3.63, 3.8) is 0 Å². The second-order valence-electron chi connectivity index (χ2n) is 5.25. The molecule has 21 heavy (non-hydrogen) atoms. The molecule has 4 rings (SSSR count). The van der Waals surface area contributed by atoms with Gasteiger partial charge in [0.05, 0.1) is 24.0 Å². The van der Waals surface area contributed by atoms with Crippen LogP contribution in [0.5, 0.6) is 0 Å². The van der Waals surface area contributed by atoms with Gasteiger partial charge in [-0.25, -0.2) is 0 Å². The van der Waals surface area contributed by atoms with Crippen LogP contribution in [0.4, 0.5) is 5.69 Å². The molecule has 2 aliphatic rings. The molecule has 2 fully saturated rings. The second kappa shape index (κ2) is 4.70. The standard InChI is InChI=1S/C14H13N3O3S/c18-13-7-11-10(17(13)9-3-6-21-8-9)2-5-16(11)14(19)12-1-4-15-20-12/h1,3-4,6,8,10-11H,2,5,7H2/t10-,11+/m1/s1. The number of hydrogen-bond acceptors (Lipinski definition) is 5. The maximum atomic E-state index is 12.4. The lowest BCUT2D eigenvalue weighted by molar-refractivity contribution is -0.117. The van der Waals surface area contributed by atoms with E-state index in [-0.39, 0.29) is 29.7 Å². The van der Waals surface area contributed by atoms with Gasteiger partial charge in [-0.1, -0.05) is 5.16 Å². The number of aromatic nitrogens is 1. The Labute approximate surface area is 124 Å². The van der Waals surface area contributed by atoms with Crippen LogP contribution in [0.25, 0.3) is 0 Å². The molecule has 4 heterocycles. The summed E-state index contributed by atoms with van der Waals surface area (Å²) in [7, 11) is 0. The predicted molar refractivity (Wildman–Crippen MR) is 76.2 cm³/mol. The summed E-state index contributed by atoms with van der Waals surface area (Å²) in [6, 6.07) is 3.50. The van der Waals surface area contributed by atoms with Gasteiger partial charge in [-0.15, -0.1) is 0 Å². The van der Waals surface area contributed by atoms with E-state index >= 15 is 0 Å². The van der Waals surface area contributed by atoms with Crippen LogP contribution >= 0.6 is 11.3 Å². The molecule has 2 aliphatic heterocycles. The molecule has 0 bridgehead atoms. The summed E-state index contributed by atoms with van der Waals surface area (Å²) in [5, 5.41) is 7.51. The number of fused-ring (bicyclic) bond motifs is 1. The van der Waals surface area contributed by atoms with Crippen LogP contribution < -0.4 is 4.90 Å². The average Bonchev–Trinajstić information content (AvgIpc) is 3.23. The van der Waals surface area contributed by atoms with Gasteiger partial charge in [0.1, 0.15) is 0 Å². The molecule has 2 saturated heterocycles. The first kappa shape index (κ1) is 12.6. The minimum atomic E-state index is -0.181. The maximum Gasteiger partial charge on any atom is 0.292 e. The number of anilines is 1. The van der Waals surface area contributed by atoms with Crippen LogP contribution in [-0.2, 0) is 4.79 Å². The van der Waals surface area contributed by atoms with E-state index in [0.29, 0.717) is 13.0 Å². The molecular weight excluding hydrogens is 290 g/mol. The Kier molecular flexibility index (Phi) is 2.81. The van der Waals surface area contributed by atoms with E-state index in [2.05, 4.69) is 5.16 Å². The number of nitrogens with zero attached hydrogens (tertiary/aromatic N) is 3. The molecule has 7 heteroatoms. The summed E-state index contributed by atoms with van der Waals surface area (Å²) in [5.74, 6) is 0.135. The number of rotatable bonds is 2. The highest BCUT2D eigenvalue weighted by molar-refractivity contribution is 7.08. The van der Waals surface area contributed by atoms with Gasteiger partial charge in [0.2, 0.25) is 11.7 Å². The van der Waals surface area contributed by atoms with Crippen molar-refractivity contribution in [2.75, 3.05) is 11.4 Å². The van der Waals surface area contributed by atoms with Crippen molar-refractivity contribution < 1.29 is 14.1 Å². The smallest absolute Gasteiger partial charge is 0.292 e. The van der Waals surface area contributed by atoms with Gasteiger partial charge in [0, 0.05) is 24.4 Å². The van der Waals surface area contributed by atoms with E-state index in [1.807, 2.05) is 21.7 Å². The zero-order chi connectivity index (χ0) is 14.4. The molecule has 0 aromatic carbocycles. The number of carbonyl (C=O) groups is 2. The van der Waals surface area contributed by atoms with Crippen molar-refractivity contribution >= 4 is 28.8 Å². The number of hydrogen-bond donors (Lipinski definition) is 0. The van der Waals surface area contributed by atoms with Crippen LogP contribution in [0, 0.1) is 0 Å². The Morgan fingerprint density at radius 3 is 3.00 bits per heavy atom. The summed E-state index contributed by atoms with van der Waals surface area (Å²) < 4.78 is 4.94. The van der Waals surface area contributed by atoms with E-state index in [4.69, 9.17) is 4.52 Å². The van der Waals surface area contributed by atoms with Crippen LogP contribution in [-0.4, -0.2) is 40.5 Å². The first-order chi connectivity index (χ1) is 10.3. The van der Waals surface area contributed by atoms with Gasteiger partial charge in [0.15, 0.2) is 0 Å². The van der Waals surface area contributed by atoms with Gasteiger partial charge in [-0.3, -0.25) is 9.59 Å². The van der Waals surface area contributed by atoms with Gasteiger partial charge in [-0.2, -0.15) is 11.3 Å². The van der Waals surface area contributed by atoms with Crippen LogP contribution in [0.3, 0.4) is 0 Å². The maximum absolute atomic E-state index is 12.4. The molecule has 2 aromatic heterocycles. The Bertz CT molecular complexity index is 668. The van der Waals surface area contributed by atoms with E-state index in [9.17, 15) is 9.59 Å². The SMILES string of the molecule is O=C(c1ccno1)N1CC[C@@H]2[C@@H]1CC(=O)N2c1ccsc1. The fourth-order valence-corrected chi connectivity index (χ4v) is 3.92. The fraction of sp³-hybridized carbons (Fsp3) is 0.357. The molecule has 0 saturated carbocycles. The summed E-state index contributed by atoms with van der Waals surface area (Å²) >= 11 is 1.57. The normalized spacial score (nSPS) is 24.7. The molecule has 2 amide bonds. The molecule has 0 radical (unpaired) electrons. The summed E-state index contributed by atoms with van der Waals surface area (Å²) in [6.07, 6.45) is 2.63. The van der Waals surface area contributed by atoms with Gasteiger partial charge < -0.3 is 14.3 Å². The molecule has 6 nitrogen and oxygen atoms in total. The topological polar surface area (TPSA) is 66.7 Å². The van der Waals surface area contributed by atoms with E-state index in [0.717, 1.165) is 12.1 Å². The molecular formula is C14H13N3O3S. The predicted octanol–water partition coefficient (Wildman–Crippen LogP) is 1.76. The molecule has 0 spiro atoms. The highest BCUT2D eigenvalue weighted by Crippen LogP contribution is 2.37. The zero-order valence-corrected chi connectivity index (χ0v) is 12.0. The molecule has 2 atom stereocenters. The minimum absolute atomic E-state index is 0.0685. The summed E-state index contributed by atoms with van der Waals surface area (Å²) in [4.78, 5) is 28.3. The van der Waals surface area contributed by atoms with Gasteiger partial charge in [-0.05, 0) is 17.9 Å². The highest BCUT2D eigenvalue weighted by Gasteiger charge is 2.49. The number of likely N-dealkylation sites (tertiary alicyclic amines) is 1. The minimum Gasteiger partial charge on any atom is -0.351 e. The quantitative estimate of drug-likeness (QED) is 0.848. The third-order valence-electron chi connectivity index (χ3n) is 4.19. The molecule has 0 unspecified atom stereocenters. The lowest BCUT2D eigenvalue weighted by atomic mass is 10.1. The Morgan fingerprint density at radius 2 is 2.29 bits per heavy atom. The third-order valence-corrected chi connectivity index (χ3v) is 4.86. The Morgan fingerprint density at radius 1 is 1.38 bits per heavy atom. The zero-order valence-electron chi connectivity index (χ0n) is 11.1. The van der Waals surface area contributed by atoms with Crippen molar-refractivity contribution in [2.45, 2.75) is 24.9 Å². The lowest BCUT2D eigenvalue weighted by Gasteiger charge is -2.24. The van der Waals surface area contributed by atoms with Crippen LogP contribution in [0.2, 0.25) is 0 Å². The van der Waals surface area contributed by atoms with Crippen molar-refractivity contribution in [3.8, 4) is 0 Å². The van der Waals surface area contributed by atoms with E-state index in [1.165, 1.54) is 6.20 Å². The second-order valence-corrected chi connectivity index (χ2v) is 6.03. The largest absolute Gasteiger partial charge is 0.351 e. The van der Waals surface area contributed by atoms with Crippen molar-refractivity contribution in [1.82, 2.24) is 10.1 Å². The first-order valence-electron chi connectivity index (χ1n) is 6.81. The van der Waals surface area contributed by atoms with Gasteiger partial charge in [0.25, 0.3) is 5.91 Å². The average molecular weight is 303 g/mol. The van der Waals surface area contributed by atoms with Crippen LogP contribution in [0.1, 0.15) is 23.4 Å². The highest BCUT2D eigenvalue weighted by atomic mass is 32.1. The first-order valence-corrected chi connectivity index (χ1v) is 7.76. The Hall–Kier alpha value is -2.15. The van der Waals surface area contributed by atoms with Crippen molar-refractivity contribution in [1.29, 1.82) is 0 Å². The van der Waals surface area contributed by atoms with Gasteiger partial charge >= 0.3 is 0 Å². The number of carbonyl (C=O) groups excluding carboxylic acids is 2. The molecule has 2 aromatic rings. The summed E-state index contributed by atoms with van der Waals surface area (Å²) in [6.45, 7) is 0.642. The lowest BCUT2D eigenvalue weighted by Crippen LogP contribution is -2.39. The monoisotopic (exact) mass is 303 g/mol. The number of thiophene rings is 1. The van der Waals surface area contributed by atoms with Crippen LogP contribution in [0.15, 0.2) is 33.6 Å². The Balaban J connectivity index is 1.61. The third kappa shape index (κ3) is 1.88. The molecule has 0 N–H and O–H groups in total. The van der Waals surface area contributed by atoms with Crippen molar-refractivity contribution in [2.24, 2.45) is 0 Å². The van der Waals surface area contributed by atoms with E-state index in [1.54, 1.807) is 22.3 Å². The molecule has 108 valence electrons. The molecule has 0 aliphatic carbocycles. The fourth-order valence-electron chi connectivity index (χ4n) is 3.30.